The lowest BCUT2D eigenvalue weighted by molar-refractivity contribution is 0.0536. The molecule has 0 aliphatic carbocycles. The molecule has 0 unspecified atom stereocenters. The summed E-state index contributed by atoms with van der Waals surface area (Å²) >= 11 is 2.63. The normalized spacial score (nSPS) is 11.3. The van der Waals surface area contributed by atoms with E-state index in [0.717, 1.165) is 5.69 Å². The number of nitrogens with two attached hydrogens (primary N) is 1. The van der Waals surface area contributed by atoms with Gasteiger partial charge < -0.3 is 30.7 Å². The third-order valence-corrected chi connectivity index (χ3v) is 7.31. The number of nitriles is 1. The van der Waals surface area contributed by atoms with Crippen LogP contribution in [0.25, 0.3) is 16.0 Å². The lowest BCUT2D eigenvalue weighted by atomic mass is 10.00. The molecule has 0 fully saturated rings. The van der Waals surface area contributed by atoms with Crippen molar-refractivity contribution in [2.24, 2.45) is 0 Å². The molecule has 204 valence electrons. The second-order valence-electron chi connectivity index (χ2n) is 8.20. The topological polar surface area (TPSA) is 151 Å². The van der Waals surface area contributed by atoms with Crippen LogP contribution in [0.4, 0.5) is 26.7 Å². The SMILES string of the molecule is [C-]#[N+]c1c(N)nc(SCc2csc(Nc3ccc(F)c(OC)c3)n2)c(C#N)c1-c1ccc(OC[C@H](O)CO)cc1. The third kappa shape index (κ3) is 6.59. The number of pyridine rings is 1. The average molecular weight is 579 g/mol. The molecule has 2 heterocycles. The Kier molecular flexibility index (Phi) is 9.37. The van der Waals surface area contributed by atoms with Gasteiger partial charge in [0.25, 0.3) is 0 Å². The van der Waals surface area contributed by atoms with Crippen LogP contribution in [0.3, 0.4) is 0 Å². The molecule has 13 heteroatoms. The zero-order valence-corrected chi connectivity index (χ0v) is 22.7. The van der Waals surface area contributed by atoms with E-state index >= 15 is 0 Å². The van der Waals surface area contributed by atoms with Gasteiger partial charge in [-0.15, -0.1) is 11.3 Å². The summed E-state index contributed by atoms with van der Waals surface area (Å²) in [5.41, 5.74) is 8.68. The number of thiazole rings is 1. The van der Waals surface area contributed by atoms with Gasteiger partial charge in [-0.3, -0.25) is 0 Å². The molecule has 5 N–H and O–H groups in total. The first kappa shape index (κ1) is 28.6. The number of ether oxygens (including phenoxy) is 2. The second kappa shape index (κ2) is 13.1. The van der Waals surface area contributed by atoms with E-state index in [2.05, 4.69) is 26.2 Å². The molecule has 0 radical (unpaired) electrons. The molecular formula is C27H23FN6O4S2. The molecule has 0 saturated heterocycles. The summed E-state index contributed by atoms with van der Waals surface area (Å²) in [5, 5.41) is 34.4. The van der Waals surface area contributed by atoms with E-state index < -0.39 is 18.5 Å². The number of aromatic nitrogens is 2. The van der Waals surface area contributed by atoms with E-state index in [1.807, 2.05) is 5.38 Å². The fourth-order valence-corrected chi connectivity index (χ4v) is 5.29. The highest BCUT2D eigenvalue weighted by molar-refractivity contribution is 7.98. The van der Waals surface area contributed by atoms with Gasteiger partial charge in [0.05, 0.1) is 31.5 Å². The highest BCUT2D eigenvalue weighted by Crippen LogP contribution is 2.42. The summed E-state index contributed by atoms with van der Waals surface area (Å²) in [6.07, 6.45) is -1.01. The zero-order chi connectivity index (χ0) is 28.6. The highest BCUT2D eigenvalue weighted by atomic mass is 32.2. The van der Waals surface area contributed by atoms with Crippen molar-refractivity contribution in [3.8, 4) is 28.7 Å². The highest BCUT2D eigenvalue weighted by Gasteiger charge is 2.21. The summed E-state index contributed by atoms with van der Waals surface area (Å²) in [6, 6.07) is 13.2. The number of aliphatic hydroxyl groups is 2. The number of rotatable bonds is 11. The van der Waals surface area contributed by atoms with Crippen LogP contribution in [0.1, 0.15) is 11.3 Å². The summed E-state index contributed by atoms with van der Waals surface area (Å²) in [4.78, 5) is 12.4. The Morgan fingerprint density at radius 2 is 2.05 bits per heavy atom. The van der Waals surface area contributed by atoms with Gasteiger partial charge in [-0.05, 0) is 29.8 Å². The van der Waals surface area contributed by atoms with Crippen LogP contribution in [-0.2, 0) is 5.75 Å². The molecule has 0 aliphatic heterocycles. The maximum atomic E-state index is 13.7. The van der Waals surface area contributed by atoms with Crippen molar-refractivity contribution in [3.05, 3.63) is 76.3 Å². The van der Waals surface area contributed by atoms with Gasteiger partial charge in [0.1, 0.15) is 35.4 Å². The fraction of sp³-hybridized carbons (Fsp3) is 0.185. The predicted octanol–water partition coefficient (Wildman–Crippen LogP) is 5.13. The number of benzene rings is 2. The van der Waals surface area contributed by atoms with Crippen molar-refractivity contribution in [2.45, 2.75) is 16.9 Å². The minimum Gasteiger partial charge on any atom is -0.494 e. The standard InChI is InChI=1S/C27H23FN6O4S2/c1-31-24-23(15-3-6-19(7-4-15)38-12-18(36)11-35)20(10-29)26(34-25(24)30)39-13-17-14-40-27(33-17)32-16-5-8-21(28)22(9-16)37-2/h3-9,14,18,35-36H,11-13H2,2H3,(H2,30,34)(H,32,33)/t18-/m1/s1. The van der Waals surface area contributed by atoms with Gasteiger partial charge in [0.15, 0.2) is 16.7 Å². The molecule has 4 rings (SSSR count). The molecule has 0 spiro atoms. The van der Waals surface area contributed by atoms with Gasteiger partial charge in [-0.2, -0.15) is 5.26 Å². The fourth-order valence-electron chi connectivity index (χ4n) is 3.57. The van der Waals surface area contributed by atoms with Crippen molar-refractivity contribution < 1.29 is 24.1 Å². The molecule has 1 atom stereocenters. The summed E-state index contributed by atoms with van der Waals surface area (Å²) in [6.45, 7) is 7.13. The molecule has 10 nitrogen and oxygen atoms in total. The van der Waals surface area contributed by atoms with E-state index in [1.165, 1.54) is 42.3 Å². The number of anilines is 3. The van der Waals surface area contributed by atoms with E-state index in [1.54, 1.807) is 30.3 Å². The third-order valence-electron chi connectivity index (χ3n) is 5.50. The largest absolute Gasteiger partial charge is 0.494 e. The first-order valence-corrected chi connectivity index (χ1v) is 13.5. The Balaban J connectivity index is 1.54. The lowest BCUT2D eigenvalue weighted by Gasteiger charge is -2.14. The van der Waals surface area contributed by atoms with Crippen LogP contribution in [0, 0.1) is 23.7 Å². The Bertz CT molecular complexity index is 1580. The van der Waals surface area contributed by atoms with E-state index in [4.69, 9.17) is 26.9 Å². The molecule has 2 aromatic carbocycles. The first-order chi connectivity index (χ1) is 19.4. The Morgan fingerprint density at radius 1 is 1.27 bits per heavy atom. The monoisotopic (exact) mass is 578 g/mol. The molecule has 0 aliphatic rings. The smallest absolute Gasteiger partial charge is 0.236 e. The Morgan fingerprint density at radius 3 is 2.73 bits per heavy atom. The van der Waals surface area contributed by atoms with E-state index in [-0.39, 0.29) is 29.4 Å². The number of methoxy groups -OCH3 is 1. The van der Waals surface area contributed by atoms with Crippen LogP contribution in [0.15, 0.2) is 52.9 Å². The first-order valence-electron chi connectivity index (χ1n) is 11.7. The summed E-state index contributed by atoms with van der Waals surface area (Å²) < 4.78 is 24.2. The van der Waals surface area contributed by atoms with Crippen molar-refractivity contribution in [1.29, 1.82) is 5.26 Å². The molecule has 2 aromatic heterocycles. The van der Waals surface area contributed by atoms with Crippen molar-refractivity contribution in [2.75, 3.05) is 31.4 Å². The molecule has 0 saturated carbocycles. The summed E-state index contributed by atoms with van der Waals surface area (Å²) in [7, 11) is 1.39. The van der Waals surface area contributed by atoms with Gasteiger partial charge in [0.2, 0.25) is 5.69 Å². The number of hydrogen-bond donors (Lipinski definition) is 4. The van der Waals surface area contributed by atoms with Crippen LogP contribution in [-0.4, -0.2) is 46.6 Å². The molecule has 4 aromatic rings. The van der Waals surface area contributed by atoms with Crippen molar-refractivity contribution in [1.82, 2.24) is 9.97 Å². The Labute approximate surface area is 237 Å². The number of thioether (sulfide) groups is 1. The number of nitrogens with one attached hydrogen (secondary N) is 1. The van der Waals surface area contributed by atoms with Gasteiger partial charge >= 0.3 is 0 Å². The number of aliphatic hydroxyl groups excluding tert-OH is 2. The van der Waals surface area contributed by atoms with Crippen LogP contribution < -0.4 is 20.5 Å². The van der Waals surface area contributed by atoms with Crippen molar-refractivity contribution in [3.63, 3.8) is 0 Å². The number of nitrogens with zero attached hydrogens (tertiary/aromatic N) is 4. The van der Waals surface area contributed by atoms with E-state index in [9.17, 15) is 14.8 Å². The number of hydrogen-bond acceptors (Lipinski definition) is 11. The number of nitrogen functional groups attached to an aromatic ring is 1. The van der Waals surface area contributed by atoms with Crippen LogP contribution >= 0.6 is 23.1 Å². The minimum absolute atomic E-state index is 0.00350. The maximum Gasteiger partial charge on any atom is 0.236 e. The van der Waals surface area contributed by atoms with E-state index in [0.29, 0.717) is 38.5 Å². The molecular weight excluding hydrogens is 555 g/mol. The minimum atomic E-state index is -1.01. The Hall–Kier alpha value is -4.40. The summed E-state index contributed by atoms with van der Waals surface area (Å²) in [5.74, 6) is 0.482. The predicted molar refractivity (Wildman–Crippen MR) is 152 cm³/mol. The molecule has 0 bridgehead atoms. The molecule has 40 heavy (non-hydrogen) atoms. The zero-order valence-electron chi connectivity index (χ0n) is 21.1. The van der Waals surface area contributed by atoms with Crippen LogP contribution in [0.2, 0.25) is 0 Å². The molecule has 0 amide bonds. The number of halogens is 1. The van der Waals surface area contributed by atoms with Gasteiger partial charge in [-0.1, -0.05) is 23.9 Å². The quantitative estimate of drug-likeness (QED) is 0.139. The lowest BCUT2D eigenvalue weighted by Crippen LogP contribution is -2.21. The van der Waals surface area contributed by atoms with Gasteiger partial charge in [0, 0.05) is 28.5 Å². The second-order valence-corrected chi connectivity index (χ2v) is 10.0. The van der Waals surface area contributed by atoms with Crippen LogP contribution in [0.5, 0.6) is 11.5 Å². The maximum absolute atomic E-state index is 13.7. The average Bonchev–Trinajstić information content (AvgIpc) is 3.42. The van der Waals surface area contributed by atoms with Gasteiger partial charge in [-0.25, -0.2) is 19.2 Å². The van der Waals surface area contributed by atoms with Crippen molar-refractivity contribution >= 4 is 45.4 Å².